The fourth-order valence-corrected chi connectivity index (χ4v) is 3.04. The first-order chi connectivity index (χ1) is 9.66. The minimum absolute atomic E-state index is 0.646. The lowest BCUT2D eigenvalue weighted by Gasteiger charge is -2.19. The fraction of sp³-hybridized carbons (Fsp3) is 0.684. The molecule has 1 aliphatic carbocycles. The Balaban J connectivity index is 1.79. The molecule has 112 valence electrons. The topological polar surface area (TPSA) is 9.23 Å². The van der Waals surface area contributed by atoms with E-state index in [1.165, 1.54) is 44.1 Å². The molecule has 1 atom stereocenters. The summed E-state index contributed by atoms with van der Waals surface area (Å²) in [4.78, 5) is 0. The Bertz CT molecular complexity index is 408. The summed E-state index contributed by atoms with van der Waals surface area (Å²) < 4.78 is 5.67. The van der Waals surface area contributed by atoms with E-state index in [9.17, 15) is 0 Å². The highest BCUT2D eigenvalue weighted by Gasteiger charge is 2.12. The van der Waals surface area contributed by atoms with E-state index in [-0.39, 0.29) is 0 Å². The molecule has 0 amide bonds. The minimum atomic E-state index is 0.646. The largest absolute Gasteiger partial charge is 0.381 e. The average Bonchev–Trinajstić information content (AvgIpc) is 2.46. The maximum absolute atomic E-state index is 5.67. The van der Waals surface area contributed by atoms with Gasteiger partial charge in [0.1, 0.15) is 0 Å². The molecule has 0 saturated heterocycles. The second kappa shape index (κ2) is 7.83. The molecule has 1 heteroatoms. The van der Waals surface area contributed by atoms with Gasteiger partial charge in [0, 0.05) is 13.2 Å². The van der Waals surface area contributed by atoms with Crippen molar-refractivity contribution < 1.29 is 4.74 Å². The summed E-state index contributed by atoms with van der Waals surface area (Å²) in [6.45, 7) is 8.57. The normalized spacial score (nSPS) is 16.2. The molecular formula is C19H30O. The van der Waals surface area contributed by atoms with Crippen LogP contribution in [0.2, 0.25) is 0 Å². The SMILES string of the molecule is CC(C)COCCCC(C)c1ccc2c(c1)CCCC2. The van der Waals surface area contributed by atoms with E-state index in [4.69, 9.17) is 4.74 Å². The fourth-order valence-electron chi connectivity index (χ4n) is 3.04. The van der Waals surface area contributed by atoms with Gasteiger partial charge in [0.2, 0.25) is 0 Å². The summed E-state index contributed by atoms with van der Waals surface area (Å²) in [6.07, 6.45) is 7.71. The number of hydrogen-bond donors (Lipinski definition) is 0. The molecule has 1 unspecified atom stereocenters. The maximum atomic E-state index is 5.67. The molecule has 0 spiro atoms. The molecule has 0 aliphatic heterocycles. The van der Waals surface area contributed by atoms with Gasteiger partial charge in [-0.3, -0.25) is 0 Å². The summed E-state index contributed by atoms with van der Waals surface area (Å²) in [5.41, 5.74) is 4.72. The van der Waals surface area contributed by atoms with Gasteiger partial charge in [-0.15, -0.1) is 0 Å². The van der Waals surface area contributed by atoms with Crippen molar-refractivity contribution in [2.45, 2.75) is 65.2 Å². The Morgan fingerprint density at radius 2 is 1.80 bits per heavy atom. The number of aryl methyl sites for hydroxylation is 2. The molecule has 0 radical (unpaired) electrons. The second-order valence-electron chi connectivity index (χ2n) is 6.75. The lowest BCUT2D eigenvalue weighted by Crippen LogP contribution is -2.06. The predicted octanol–water partition coefficient (Wildman–Crippen LogP) is 5.12. The molecule has 0 aromatic heterocycles. The van der Waals surface area contributed by atoms with Gasteiger partial charge >= 0.3 is 0 Å². The number of hydrogen-bond acceptors (Lipinski definition) is 1. The van der Waals surface area contributed by atoms with Crippen molar-refractivity contribution in [3.05, 3.63) is 34.9 Å². The summed E-state index contributed by atoms with van der Waals surface area (Å²) in [6, 6.07) is 7.19. The van der Waals surface area contributed by atoms with E-state index >= 15 is 0 Å². The van der Waals surface area contributed by atoms with Gasteiger partial charge in [0.25, 0.3) is 0 Å². The Labute approximate surface area is 124 Å². The molecule has 1 nitrogen and oxygen atoms in total. The molecule has 0 saturated carbocycles. The van der Waals surface area contributed by atoms with E-state index < -0.39 is 0 Å². The first-order valence-corrected chi connectivity index (χ1v) is 8.36. The standard InChI is InChI=1S/C19H30O/c1-15(2)14-20-12-6-7-16(3)18-11-10-17-8-4-5-9-19(17)13-18/h10-11,13,15-16H,4-9,12,14H2,1-3H3. The Morgan fingerprint density at radius 1 is 1.05 bits per heavy atom. The van der Waals surface area contributed by atoms with Gasteiger partial charge in [-0.1, -0.05) is 39.0 Å². The van der Waals surface area contributed by atoms with Gasteiger partial charge < -0.3 is 4.74 Å². The van der Waals surface area contributed by atoms with Gasteiger partial charge in [0.05, 0.1) is 0 Å². The van der Waals surface area contributed by atoms with Crippen LogP contribution in [0.1, 0.15) is 69.1 Å². The maximum Gasteiger partial charge on any atom is 0.0488 e. The van der Waals surface area contributed by atoms with Crippen molar-refractivity contribution in [2.75, 3.05) is 13.2 Å². The van der Waals surface area contributed by atoms with Crippen LogP contribution < -0.4 is 0 Å². The molecule has 1 aromatic rings. The van der Waals surface area contributed by atoms with Gasteiger partial charge in [-0.25, -0.2) is 0 Å². The summed E-state index contributed by atoms with van der Waals surface area (Å²) in [5, 5.41) is 0. The Hall–Kier alpha value is -0.820. The van der Waals surface area contributed by atoms with Crippen LogP contribution in [0.5, 0.6) is 0 Å². The van der Waals surface area contributed by atoms with Gasteiger partial charge in [-0.2, -0.15) is 0 Å². The molecule has 1 aliphatic rings. The number of rotatable bonds is 7. The van der Waals surface area contributed by atoms with Crippen LogP contribution >= 0.6 is 0 Å². The zero-order chi connectivity index (χ0) is 14.4. The second-order valence-corrected chi connectivity index (χ2v) is 6.75. The smallest absolute Gasteiger partial charge is 0.0488 e. The zero-order valence-corrected chi connectivity index (χ0v) is 13.5. The van der Waals surface area contributed by atoms with Crippen LogP contribution in [-0.2, 0) is 17.6 Å². The van der Waals surface area contributed by atoms with E-state index in [0.717, 1.165) is 13.2 Å². The number of ether oxygens (including phenoxy) is 1. The zero-order valence-electron chi connectivity index (χ0n) is 13.5. The predicted molar refractivity (Wildman–Crippen MR) is 86.4 cm³/mol. The van der Waals surface area contributed by atoms with E-state index in [1.54, 1.807) is 11.1 Å². The highest BCUT2D eigenvalue weighted by atomic mass is 16.5. The van der Waals surface area contributed by atoms with Crippen LogP contribution in [0.15, 0.2) is 18.2 Å². The van der Waals surface area contributed by atoms with Crippen LogP contribution in [0.25, 0.3) is 0 Å². The average molecular weight is 274 g/mol. The molecule has 0 fully saturated rings. The lowest BCUT2D eigenvalue weighted by molar-refractivity contribution is 0.106. The third-order valence-electron chi connectivity index (χ3n) is 4.32. The monoisotopic (exact) mass is 274 g/mol. The molecule has 20 heavy (non-hydrogen) atoms. The summed E-state index contributed by atoms with van der Waals surface area (Å²) >= 11 is 0. The molecule has 0 bridgehead atoms. The van der Waals surface area contributed by atoms with Gasteiger partial charge in [0.15, 0.2) is 0 Å². The quantitative estimate of drug-likeness (QED) is 0.627. The highest BCUT2D eigenvalue weighted by Crippen LogP contribution is 2.27. The van der Waals surface area contributed by atoms with Crippen molar-refractivity contribution in [3.63, 3.8) is 0 Å². The van der Waals surface area contributed by atoms with Crippen LogP contribution in [0.4, 0.5) is 0 Å². The minimum Gasteiger partial charge on any atom is -0.381 e. The molecular weight excluding hydrogens is 244 g/mol. The first kappa shape index (κ1) is 15.6. The van der Waals surface area contributed by atoms with E-state index in [1.807, 2.05) is 0 Å². The van der Waals surface area contributed by atoms with Gasteiger partial charge in [-0.05, 0) is 67.1 Å². The molecule has 0 heterocycles. The van der Waals surface area contributed by atoms with E-state index in [0.29, 0.717) is 11.8 Å². The van der Waals surface area contributed by atoms with Crippen molar-refractivity contribution in [2.24, 2.45) is 5.92 Å². The molecule has 1 aromatic carbocycles. The molecule has 2 rings (SSSR count). The van der Waals surface area contributed by atoms with Crippen molar-refractivity contribution in [1.29, 1.82) is 0 Å². The van der Waals surface area contributed by atoms with Crippen LogP contribution in [-0.4, -0.2) is 13.2 Å². The third-order valence-corrected chi connectivity index (χ3v) is 4.32. The van der Waals surface area contributed by atoms with Crippen LogP contribution in [0, 0.1) is 5.92 Å². The Kier molecular flexibility index (Phi) is 6.09. The summed E-state index contributed by atoms with van der Waals surface area (Å²) in [5.74, 6) is 1.30. The van der Waals surface area contributed by atoms with Crippen molar-refractivity contribution in [3.8, 4) is 0 Å². The Morgan fingerprint density at radius 3 is 2.55 bits per heavy atom. The number of benzene rings is 1. The third kappa shape index (κ3) is 4.63. The van der Waals surface area contributed by atoms with Crippen molar-refractivity contribution in [1.82, 2.24) is 0 Å². The van der Waals surface area contributed by atoms with E-state index in [2.05, 4.69) is 39.0 Å². The highest BCUT2D eigenvalue weighted by molar-refractivity contribution is 5.35. The van der Waals surface area contributed by atoms with Crippen molar-refractivity contribution >= 4 is 0 Å². The number of fused-ring (bicyclic) bond motifs is 1. The van der Waals surface area contributed by atoms with Crippen LogP contribution in [0.3, 0.4) is 0 Å². The first-order valence-electron chi connectivity index (χ1n) is 8.36. The lowest BCUT2D eigenvalue weighted by atomic mass is 9.87. The summed E-state index contributed by atoms with van der Waals surface area (Å²) in [7, 11) is 0. The molecule has 0 N–H and O–H groups in total.